The number of carbonyl (C=O) groups is 2. The van der Waals surface area contributed by atoms with Gasteiger partial charge in [0.15, 0.2) is 5.01 Å². The fourth-order valence-electron chi connectivity index (χ4n) is 1.67. The van der Waals surface area contributed by atoms with E-state index in [1.54, 1.807) is 20.8 Å². The minimum Gasteiger partial charge on any atom is -0.444 e. The van der Waals surface area contributed by atoms with Crippen molar-refractivity contribution < 1.29 is 23.1 Å². The molecule has 2 aromatic rings. The maximum atomic E-state index is 12.4. The average molecular weight is 370 g/mol. The molecule has 2 N–H and O–H groups in total. The molecule has 134 valence electrons. The first kappa shape index (κ1) is 18.7. The summed E-state index contributed by atoms with van der Waals surface area (Å²) in [4.78, 5) is 23.7. The second-order valence-electron chi connectivity index (χ2n) is 5.90. The van der Waals surface area contributed by atoms with Crippen molar-refractivity contribution in [3.8, 4) is 0 Å². The number of amides is 2. The van der Waals surface area contributed by atoms with Crippen molar-refractivity contribution in [3.63, 3.8) is 0 Å². The summed E-state index contributed by atoms with van der Waals surface area (Å²) in [6.07, 6.45) is -3.35. The van der Waals surface area contributed by atoms with Crippen LogP contribution in [-0.4, -0.2) is 27.8 Å². The largest absolute Gasteiger partial charge is 0.444 e. The number of carbonyl (C=O) groups excluding carboxylic acids is 2. The molecule has 0 atom stereocenters. The van der Waals surface area contributed by atoms with Gasteiger partial charge >= 0.3 is 6.09 Å². The third-order valence-corrected chi connectivity index (χ3v) is 3.49. The molecular weight excluding hydrogens is 354 g/mol. The lowest BCUT2D eigenvalue weighted by atomic mass is 10.2. The molecule has 0 aliphatic rings. The molecule has 0 fully saturated rings. The van der Waals surface area contributed by atoms with Gasteiger partial charge in [-0.2, -0.15) is 0 Å². The number of benzene rings is 1. The number of nitrogens with zero attached hydrogens (tertiary/aromatic N) is 2. The van der Waals surface area contributed by atoms with Gasteiger partial charge in [0, 0.05) is 11.3 Å². The van der Waals surface area contributed by atoms with Crippen LogP contribution in [0.4, 0.5) is 24.4 Å². The van der Waals surface area contributed by atoms with E-state index in [-0.39, 0.29) is 10.7 Å². The van der Waals surface area contributed by atoms with Crippen molar-refractivity contribution in [2.24, 2.45) is 0 Å². The summed E-state index contributed by atoms with van der Waals surface area (Å²) in [6, 6.07) is 5.97. The first-order valence-electron chi connectivity index (χ1n) is 7.17. The summed E-state index contributed by atoms with van der Waals surface area (Å²) < 4.78 is 30.0. The highest BCUT2D eigenvalue weighted by Crippen LogP contribution is 2.25. The zero-order valence-corrected chi connectivity index (χ0v) is 14.5. The Labute approximate surface area is 146 Å². The highest BCUT2D eigenvalue weighted by Gasteiger charge is 2.17. The summed E-state index contributed by atoms with van der Waals surface area (Å²) in [6.45, 7) is 5.23. The zero-order valence-electron chi connectivity index (χ0n) is 13.7. The molecule has 0 radical (unpaired) electrons. The lowest BCUT2D eigenvalue weighted by molar-refractivity contribution is 0.0635. The minimum absolute atomic E-state index is 0.0174. The molecule has 2 rings (SSSR count). The van der Waals surface area contributed by atoms with Gasteiger partial charge in [-0.25, -0.2) is 13.6 Å². The molecule has 0 spiro atoms. The second kappa shape index (κ2) is 7.51. The maximum absolute atomic E-state index is 12.4. The van der Waals surface area contributed by atoms with E-state index < -0.39 is 29.0 Å². The van der Waals surface area contributed by atoms with Crippen LogP contribution in [0.25, 0.3) is 0 Å². The topological polar surface area (TPSA) is 93.2 Å². The van der Waals surface area contributed by atoms with Crippen LogP contribution in [-0.2, 0) is 4.74 Å². The van der Waals surface area contributed by atoms with Crippen molar-refractivity contribution in [2.45, 2.75) is 32.8 Å². The monoisotopic (exact) mass is 370 g/mol. The van der Waals surface area contributed by atoms with Gasteiger partial charge in [0.25, 0.3) is 12.3 Å². The predicted octanol–water partition coefficient (Wildman–Crippen LogP) is 4.08. The number of ether oxygens (including phenoxy) is 1. The second-order valence-corrected chi connectivity index (χ2v) is 6.91. The van der Waals surface area contributed by atoms with Gasteiger partial charge in [0.2, 0.25) is 5.13 Å². The molecule has 0 aliphatic carbocycles. The summed E-state index contributed by atoms with van der Waals surface area (Å²) in [7, 11) is 0. The quantitative estimate of drug-likeness (QED) is 0.846. The number of hydrogen-bond acceptors (Lipinski definition) is 6. The molecule has 10 heteroatoms. The van der Waals surface area contributed by atoms with Gasteiger partial charge in [-0.1, -0.05) is 11.3 Å². The van der Waals surface area contributed by atoms with Crippen molar-refractivity contribution in [1.82, 2.24) is 10.2 Å². The van der Waals surface area contributed by atoms with Crippen molar-refractivity contribution in [1.29, 1.82) is 0 Å². The van der Waals surface area contributed by atoms with Crippen LogP contribution in [0.15, 0.2) is 24.3 Å². The Balaban J connectivity index is 1.96. The maximum Gasteiger partial charge on any atom is 0.412 e. The van der Waals surface area contributed by atoms with E-state index in [0.717, 1.165) is 0 Å². The van der Waals surface area contributed by atoms with Gasteiger partial charge < -0.3 is 4.74 Å². The summed E-state index contributed by atoms with van der Waals surface area (Å²) in [5.41, 5.74) is 0.0909. The minimum atomic E-state index is -2.73. The van der Waals surface area contributed by atoms with Crippen molar-refractivity contribution in [3.05, 3.63) is 34.8 Å². The Kier molecular flexibility index (Phi) is 5.62. The summed E-state index contributed by atoms with van der Waals surface area (Å²) in [5.74, 6) is -0.527. The van der Waals surface area contributed by atoms with E-state index in [2.05, 4.69) is 20.8 Å². The van der Waals surface area contributed by atoms with Crippen LogP contribution in [0.5, 0.6) is 0 Å². The zero-order chi connectivity index (χ0) is 18.6. The van der Waals surface area contributed by atoms with Gasteiger partial charge in [0.05, 0.1) is 0 Å². The lowest BCUT2D eigenvalue weighted by Crippen LogP contribution is -2.27. The number of hydrogen-bond donors (Lipinski definition) is 2. The van der Waals surface area contributed by atoms with E-state index in [9.17, 15) is 18.4 Å². The first-order chi connectivity index (χ1) is 11.6. The Morgan fingerprint density at radius 1 is 1.12 bits per heavy atom. The summed E-state index contributed by atoms with van der Waals surface area (Å²) in [5, 5.41) is 11.2. The van der Waals surface area contributed by atoms with E-state index in [1.807, 2.05) is 0 Å². The van der Waals surface area contributed by atoms with Crippen LogP contribution < -0.4 is 10.6 Å². The molecule has 1 aromatic heterocycles. The number of rotatable bonds is 4. The molecule has 1 aromatic carbocycles. The molecule has 7 nitrogen and oxygen atoms in total. The Hall–Kier alpha value is -2.62. The molecule has 0 unspecified atom stereocenters. The molecule has 0 saturated heterocycles. The average Bonchev–Trinajstić information content (AvgIpc) is 2.94. The van der Waals surface area contributed by atoms with Crippen LogP contribution in [0.2, 0.25) is 0 Å². The number of nitrogens with one attached hydrogen (secondary N) is 2. The molecule has 0 bridgehead atoms. The Morgan fingerprint density at radius 3 is 2.28 bits per heavy atom. The van der Waals surface area contributed by atoms with Crippen LogP contribution in [0.1, 0.15) is 42.6 Å². The van der Waals surface area contributed by atoms with Gasteiger partial charge in [0.1, 0.15) is 5.60 Å². The van der Waals surface area contributed by atoms with E-state index in [0.29, 0.717) is 17.0 Å². The molecule has 2 amide bonds. The van der Waals surface area contributed by atoms with Crippen molar-refractivity contribution in [2.75, 3.05) is 10.6 Å². The van der Waals surface area contributed by atoms with Crippen LogP contribution in [0.3, 0.4) is 0 Å². The standard InChI is InChI=1S/C15H16F2N4O3S/c1-15(2,3)24-14(23)18-9-6-4-8(5-7-9)11(22)19-13-21-20-12(25-13)10(16)17/h4-7,10H,1-3H3,(H,18,23)(H,19,21,22). The lowest BCUT2D eigenvalue weighted by Gasteiger charge is -2.19. The SMILES string of the molecule is CC(C)(C)OC(=O)Nc1ccc(C(=O)Nc2nnc(C(F)F)s2)cc1. The highest BCUT2D eigenvalue weighted by atomic mass is 32.1. The number of alkyl halides is 2. The normalized spacial score (nSPS) is 11.3. The number of halogens is 2. The Bertz CT molecular complexity index is 757. The van der Waals surface area contributed by atoms with E-state index in [1.165, 1.54) is 24.3 Å². The van der Waals surface area contributed by atoms with Crippen LogP contribution in [0, 0.1) is 0 Å². The summed E-state index contributed by atoms with van der Waals surface area (Å²) >= 11 is 0.603. The van der Waals surface area contributed by atoms with Gasteiger partial charge in [-0.3, -0.25) is 15.4 Å². The molecule has 25 heavy (non-hydrogen) atoms. The third-order valence-electron chi connectivity index (χ3n) is 2.64. The fourth-order valence-corrected chi connectivity index (χ4v) is 2.26. The molecule has 0 aliphatic heterocycles. The van der Waals surface area contributed by atoms with Gasteiger partial charge in [-0.05, 0) is 45.0 Å². The smallest absolute Gasteiger partial charge is 0.412 e. The highest BCUT2D eigenvalue weighted by molar-refractivity contribution is 7.15. The van der Waals surface area contributed by atoms with E-state index in [4.69, 9.17) is 4.74 Å². The van der Waals surface area contributed by atoms with Gasteiger partial charge in [-0.15, -0.1) is 10.2 Å². The molecular formula is C15H16F2N4O3S. The van der Waals surface area contributed by atoms with Crippen molar-refractivity contribution >= 4 is 34.2 Å². The predicted molar refractivity (Wildman–Crippen MR) is 89.1 cm³/mol. The third kappa shape index (κ3) is 5.75. The number of anilines is 2. The number of aromatic nitrogens is 2. The molecule has 0 saturated carbocycles. The molecule has 1 heterocycles. The van der Waals surface area contributed by atoms with Crippen LogP contribution >= 0.6 is 11.3 Å². The fraction of sp³-hybridized carbons (Fsp3) is 0.333. The Morgan fingerprint density at radius 2 is 1.76 bits per heavy atom. The van der Waals surface area contributed by atoms with E-state index >= 15 is 0 Å². The first-order valence-corrected chi connectivity index (χ1v) is 7.98.